The van der Waals surface area contributed by atoms with E-state index < -0.39 is 0 Å². The van der Waals surface area contributed by atoms with Crippen LogP contribution in [0.1, 0.15) is 44.9 Å². The van der Waals surface area contributed by atoms with Crippen LogP contribution in [0.4, 0.5) is 11.9 Å². The first-order valence-corrected chi connectivity index (χ1v) is 11.3. The average molecular weight is 411 g/mol. The van der Waals surface area contributed by atoms with Crippen LogP contribution in [0.2, 0.25) is 0 Å². The van der Waals surface area contributed by atoms with Crippen molar-refractivity contribution in [2.75, 3.05) is 49.2 Å². The Bertz CT molecular complexity index is 845. The molecule has 3 aliphatic rings. The monoisotopic (exact) mass is 410 g/mol. The van der Waals surface area contributed by atoms with Gasteiger partial charge in [-0.1, -0.05) is 18.9 Å². The number of ether oxygens (including phenoxy) is 2. The molecular weight excluding hydrogens is 380 g/mol. The molecule has 0 bridgehead atoms. The molecule has 1 saturated carbocycles. The predicted molar refractivity (Wildman–Crippen MR) is 115 cm³/mol. The topological polar surface area (TPSA) is 76.5 Å². The lowest BCUT2D eigenvalue weighted by Crippen LogP contribution is -2.38. The number of aromatic nitrogens is 4. The number of hydrogen-bond acceptors (Lipinski definition) is 8. The molecule has 4 heterocycles. The van der Waals surface area contributed by atoms with E-state index >= 15 is 0 Å². The zero-order chi connectivity index (χ0) is 20.2. The molecule has 160 valence electrons. The normalized spacial score (nSPS) is 20.5. The second kappa shape index (κ2) is 9.12. The Kier molecular flexibility index (Phi) is 5.92. The second-order valence-corrected chi connectivity index (χ2v) is 8.29. The molecule has 0 spiro atoms. The lowest BCUT2D eigenvalue weighted by atomic mass is 9.96. The third-order valence-electron chi connectivity index (χ3n) is 6.09. The number of anilines is 2. The zero-order valence-electron chi connectivity index (χ0n) is 17.5. The first-order chi connectivity index (χ1) is 14.8. The molecule has 8 heteroatoms. The van der Waals surface area contributed by atoms with E-state index in [2.05, 4.69) is 9.80 Å². The van der Waals surface area contributed by atoms with E-state index in [4.69, 9.17) is 29.4 Å². The summed E-state index contributed by atoms with van der Waals surface area (Å²) >= 11 is 0. The average Bonchev–Trinajstić information content (AvgIpc) is 3.07. The van der Waals surface area contributed by atoms with Gasteiger partial charge in [-0.05, 0) is 38.2 Å². The molecule has 0 radical (unpaired) electrons. The Morgan fingerprint density at radius 1 is 0.767 bits per heavy atom. The molecule has 0 amide bonds. The molecule has 5 rings (SSSR count). The number of hydrogen-bond donors (Lipinski definition) is 0. The lowest BCUT2D eigenvalue weighted by molar-refractivity contribution is 0.115. The Balaban J connectivity index is 1.48. The van der Waals surface area contributed by atoms with Crippen molar-refractivity contribution in [3.63, 3.8) is 0 Å². The Morgan fingerprint density at radius 3 is 2.13 bits per heavy atom. The zero-order valence-corrected chi connectivity index (χ0v) is 17.5. The predicted octanol–water partition coefficient (Wildman–Crippen LogP) is 3.08. The van der Waals surface area contributed by atoms with Gasteiger partial charge in [0.15, 0.2) is 5.82 Å². The van der Waals surface area contributed by atoms with Crippen molar-refractivity contribution in [3.8, 4) is 17.4 Å². The van der Waals surface area contributed by atoms with Crippen LogP contribution in [0.5, 0.6) is 5.88 Å². The summed E-state index contributed by atoms with van der Waals surface area (Å²) in [5.41, 5.74) is 0.736. The van der Waals surface area contributed by atoms with Crippen molar-refractivity contribution in [1.29, 1.82) is 0 Å². The molecule has 2 aromatic rings. The molecule has 30 heavy (non-hydrogen) atoms. The number of rotatable bonds is 5. The fraction of sp³-hybridized carbons (Fsp3) is 0.636. The van der Waals surface area contributed by atoms with E-state index in [1.54, 1.807) is 0 Å². The lowest BCUT2D eigenvalue weighted by Gasteiger charge is -2.28. The molecule has 3 fully saturated rings. The molecule has 0 atom stereocenters. The maximum absolute atomic E-state index is 6.00. The van der Waals surface area contributed by atoms with E-state index in [9.17, 15) is 0 Å². The van der Waals surface area contributed by atoms with Gasteiger partial charge < -0.3 is 19.3 Å². The highest BCUT2D eigenvalue weighted by Gasteiger charge is 2.22. The van der Waals surface area contributed by atoms with Gasteiger partial charge in [-0.15, -0.1) is 0 Å². The van der Waals surface area contributed by atoms with E-state index in [1.807, 2.05) is 18.2 Å². The molecule has 1 aliphatic carbocycles. The van der Waals surface area contributed by atoms with Gasteiger partial charge in [-0.2, -0.15) is 15.0 Å². The molecular formula is C22H30N6O2. The molecule has 2 aromatic heterocycles. The van der Waals surface area contributed by atoms with Crippen LogP contribution < -0.4 is 14.5 Å². The number of pyridine rings is 1. The van der Waals surface area contributed by atoms with E-state index in [-0.39, 0.29) is 0 Å². The second-order valence-electron chi connectivity index (χ2n) is 8.29. The number of nitrogens with zero attached hydrogens (tertiary/aromatic N) is 6. The first-order valence-electron chi connectivity index (χ1n) is 11.3. The van der Waals surface area contributed by atoms with Gasteiger partial charge in [-0.3, -0.25) is 0 Å². The Labute approximate surface area is 177 Å². The van der Waals surface area contributed by atoms with Crippen molar-refractivity contribution in [1.82, 2.24) is 19.9 Å². The standard InChI is InChI=1S/C22H30N6O2/c1-2-4-12-27(11-3-1)21-24-20(25-22(26-21)28-13-15-29-16-14-28)18-9-6-10-19(23-18)30-17-7-5-8-17/h6,9-10,17H,1-5,7-8,11-16H2. The summed E-state index contributed by atoms with van der Waals surface area (Å²) in [6, 6.07) is 5.85. The highest BCUT2D eigenvalue weighted by Crippen LogP contribution is 2.27. The summed E-state index contributed by atoms with van der Waals surface area (Å²) < 4.78 is 11.5. The minimum absolute atomic E-state index is 0.294. The van der Waals surface area contributed by atoms with Gasteiger partial charge in [-0.25, -0.2) is 4.98 Å². The fourth-order valence-electron chi connectivity index (χ4n) is 4.05. The van der Waals surface area contributed by atoms with Crippen LogP contribution in [0.3, 0.4) is 0 Å². The van der Waals surface area contributed by atoms with Crippen LogP contribution in [0, 0.1) is 0 Å². The summed E-state index contributed by atoms with van der Waals surface area (Å²) in [6.45, 7) is 4.96. The summed E-state index contributed by atoms with van der Waals surface area (Å²) in [4.78, 5) is 23.7. The summed E-state index contributed by atoms with van der Waals surface area (Å²) in [5.74, 6) is 2.75. The van der Waals surface area contributed by atoms with Gasteiger partial charge in [0.1, 0.15) is 11.8 Å². The van der Waals surface area contributed by atoms with Crippen molar-refractivity contribution in [2.45, 2.75) is 51.0 Å². The van der Waals surface area contributed by atoms with E-state index in [0.29, 0.717) is 31.0 Å². The van der Waals surface area contributed by atoms with Crippen LogP contribution in [0.15, 0.2) is 18.2 Å². The number of morpholine rings is 1. The molecule has 0 N–H and O–H groups in total. The van der Waals surface area contributed by atoms with Crippen LogP contribution in [-0.4, -0.2) is 65.4 Å². The van der Waals surface area contributed by atoms with Crippen molar-refractivity contribution in [3.05, 3.63) is 18.2 Å². The summed E-state index contributed by atoms with van der Waals surface area (Å²) in [6.07, 6.45) is 8.64. The minimum Gasteiger partial charge on any atom is -0.474 e. The first kappa shape index (κ1) is 19.5. The quantitative estimate of drug-likeness (QED) is 0.744. The fourth-order valence-corrected chi connectivity index (χ4v) is 4.05. The highest BCUT2D eigenvalue weighted by atomic mass is 16.5. The largest absolute Gasteiger partial charge is 0.474 e. The smallest absolute Gasteiger partial charge is 0.230 e. The molecule has 2 saturated heterocycles. The maximum atomic E-state index is 6.00. The van der Waals surface area contributed by atoms with Gasteiger partial charge in [0.2, 0.25) is 17.8 Å². The van der Waals surface area contributed by atoms with Gasteiger partial charge in [0.25, 0.3) is 0 Å². The van der Waals surface area contributed by atoms with Crippen molar-refractivity contribution < 1.29 is 9.47 Å². The van der Waals surface area contributed by atoms with Gasteiger partial charge in [0, 0.05) is 32.2 Å². The molecule has 8 nitrogen and oxygen atoms in total. The van der Waals surface area contributed by atoms with Crippen LogP contribution in [-0.2, 0) is 4.74 Å². The van der Waals surface area contributed by atoms with E-state index in [0.717, 1.165) is 56.6 Å². The third kappa shape index (κ3) is 4.48. The van der Waals surface area contributed by atoms with Crippen LogP contribution >= 0.6 is 0 Å². The Hall–Kier alpha value is -2.48. The molecule has 0 unspecified atom stereocenters. The minimum atomic E-state index is 0.294. The Morgan fingerprint density at radius 2 is 1.47 bits per heavy atom. The maximum Gasteiger partial charge on any atom is 0.230 e. The van der Waals surface area contributed by atoms with Gasteiger partial charge >= 0.3 is 0 Å². The SMILES string of the molecule is c1cc(OC2CCC2)nc(-c2nc(N3CCCCCC3)nc(N3CCOCC3)n2)c1. The van der Waals surface area contributed by atoms with E-state index in [1.165, 1.54) is 32.1 Å². The highest BCUT2D eigenvalue weighted by molar-refractivity contribution is 5.55. The summed E-state index contributed by atoms with van der Waals surface area (Å²) in [5, 5.41) is 0. The molecule has 0 aromatic carbocycles. The van der Waals surface area contributed by atoms with Gasteiger partial charge in [0.05, 0.1) is 13.2 Å². The van der Waals surface area contributed by atoms with Crippen LogP contribution in [0.25, 0.3) is 11.5 Å². The third-order valence-corrected chi connectivity index (χ3v) is 6.09. The van der Waals surface area contributed by atoms with Crippen molar-refractivity contribution in [2.24, 2.45) is 0 Å². The molecule has 2 aliphatic heterocycles. The summed E-state index contributed by atoms with van der Waals surface area (Å²) in [7, 11) is 0. The van der Waals surface area contributed by atoms with Crippen molar-refractivity contribution >= 4 is 11.9 Å².